The van der Waals surface area contributed by atoms with Gasteiger partial charge in [0, 0.05) is 9.81 Å². The Kier molecular flexibility index (Phi) is 10.9. The lowest BCUT2D eigenvalue weighted by atomic mass is 9.97. The summed E-state index contributed by atoms with van der Waals surface area (Å²) >= 11 is 1.51. The Morgan fingerprint density at radius 3 is 1.68 bits per heavy atom. The highest BCUT2D eigenvalue weighted by atomic mass is 32.2. The largest absolute Gasteiger partial charge is 0.374 e. The molecule has 1 saturated heterocycles. The molecule has 210 valence electrons. The van der Waals surface area contributed by atoms with E-state index in [1.807, 2.05) is 121 Å². The molecule has 5 rings (SSSR count). The molecule has 3 unspecified atom stereocenters. The molecule has 0 spiro atoms. The molecule has 1 fully saturated rings. The van der Waals surface area contributed by atoms with Gasteiger partial charge in [-0.3, -0.25) is 0 Å². The lowest BCUT2D eigenvalue weighted by Gasteiger charge is -2.44. The fourth-order valence-electron chi connectivity index (χ4n) is 4.73. The zero-order valence-electron chi connectivity index (χ0n) is 22.6. The lowest BCUT2D eigenvalue weighted by molar-refractivity contribution is -0.211. The summed E-state index contributed by atoms with van der Waals surface area (Å²) in [6.07, 6.45) is -1.58. The Bertz CT molecular complexity index is 1360. The monoisotopic (exact) mass is 567 g/mol. The number of benzene rings is 4. The topological polar surface area (TPSA) is 85.7 Å². The standard InChI is InChI=1S/C33H33N3O4S/c34-36-35-30-32(39-23-27-17-9-3-10-18-27)31(38-22-26-15-7-2-8-16-26)29(24-37-21-25-13-5-1-6-14-25)40-33(30)41-28-19-11-4-12-20-28/h1-20,29-33H,21-24H2/t29?,30?,31-,32?,33+/m1/s1. The fraction of sp³-hybridized carbons (Fsp3) is 0.273. The number of hydrogen-bond acceptors (Lipinski definition) is 6. The molecule has 0 amide bonds. The van der Waals surface area contributed by atoms with Crippen molar-refractivity contribution in [2.75, 3.05) is 6.61 Å². The summed E-state index contributed by atoms with van der Waals surface area (Å²) in [5.74, 6) is 0. The van der Waals surface area contributed by atoms with Gasteiger partial charge in [0.1, 0.15) is 23.7 Å². The van der Waals surface area contributed by atoms with E-state index in [2.05, 4.69) is 10.0 Å². The first-order valence-corrected chi connectivity index (χ1v) is 14.5. The van der Waals surface area contributed by atoms with E-state index in [9.17, 15) is 5.53 Å². The van der Waals surface area contributed by atoms with Crippen molar-refractivity contribution in [1.29, 1.82) is 0 Å². The van der Waals surface area contributed by atoms with Crippen molar-refractivity contribution in [2.24, 2.45) is 5.11 Å². The van der Waals surface area contributed by atoms with Gasteiger partial charge in [0.05, 0.1) is 32.5 Å². The van der Waals surface area contributed by atoms with Crippen LogP contribution in [0.4, 0.5) is 0 Å². The minimum atomic E-state index is -0.639. The summed E-state index contributed by atoms with van der Waals surface area (Å²) in [5, 5.41) is 4.21. The van der Waals surface area contributed by atoms with E-state index >= 15 is 0 Å². The zero-order chi connectivity index (χ0) is 28.1. The highest BCUT2D eigenvalue weighted by Crippen LogP contribution is 2.38. The van der Waals surface area contributed by atoms with E-state index in [4.69, 9.17) is 18.9 Å². The van der Waals surface area contributed by atoms with Crippen molar-refractivity contribution < 1.29 is 18.9 Å². The number of thioether (sulfide) groups is 1. The van der Waals surface area contributed by atoms with Crippen molar-refractivity contribution >= 4 is 11.8 Å². The maximum atomic E-state index is 9.61. The summed E-state index contributed by atoms with van der Waals surface area (Å²) in [7, 11) is 0. The molecule has 0 bridgehead atoms. The Hall–Kier alpha value is -3.62. The summed E-state index contributed by atoms with van der Waals surface area (Å²) < 4.78 is 25.9. The minimum Gasteiger partial charge on any atom is -0.374 e. The second-order valence-electron chi connectivity index (χ2n) is 9.69. The van der Waals surface area contributed by atoms with Gasteiger partial charge in [0.25, 0.3) is 0 Å². The molecule has 1 heterocycles. The number of hydrogen-bond donors (Lipinski definition) is 0. The first-order valence-electron chi connectivity index (χ1n) is 13.6. The molecule has 41 heavy (non-hydrogen) atoms. The van der Waals surface area contributed by atoms with Crippen LogP contribution in [0.25, 0.3) is 10.4 Å². The van der Waals surface area contributed by atoms with Crippen molar-refractivity contribution in [3.8, 4) is 0 Å². The van der Waals surface area contributed by atoms with Crippen LogP contribution in [-0.2, 0) is 38.8 Å². The van der Waals surface area contributed by atoms with E-state index in [0.29, 0.717) is 19.8 Å². The zero-order valence-corrected chi connectivity index (χ0v) is 23.5. The first-order chi connectivity index (χ1) is 20.3. The van der Waals surface area contributed by atoms with Gasteiger partial charge in [0.2, 0.25) is 0 Å². The van der Waals surface area contributed by atoms with Crippen LogP contribution in [0.1, 0.15) is 16.7 Å². The fourth-order valence-corrected chi connectivity index (χ4v) is 5.86. The minimum absolute atomic E-state index is 0.286. The first kappa shape index (κ1) is 28.9. The molecular formula is C33H33N3O4S. The van der Waals surface area contributed by atoms with Crippen LogP contribution < -0.4 is 0 Å². The molecule has 8 heteroatoms. The number of rotatable bonds is 13. The molecule has 1 aliphatic heterocycles. The third kappa shape index (κ3) is 8.44. The quantitative estimate of drug-likeness (QED) is 0.0945. The van der Waals surface area contributed by atoms with Crippen LogP contribution >= 0.6 is 11.8 Å². The normalized spacial score (nSPS) is 22.1. The SMILES string of the molecule is [N-]=[N+]=NC1C(OCc2ccccc2)[C@H](OCc2ccccc2)C(COCc2ccccc2)O[C@H]1Sc1ccccc1. The summed E-state index contributed by atoms with van der Waals surface area (Å²) in [6.45, 7) is 1.43. The Morgan fingerprint density at radius 1 is 0.659 bits per heavy atom. The summed E-state index contributed by atoms with van der Waals surface area (Å²) in [4.78, 5) is 4.21. The van der Waals surface area contributed by atoms with Gasteiger partial charge >= 0.3 is 0 Å². The van der Waals surface area contributed by atoms with Gasteiger partial charge in [0.15, 0.2) is 0 Å². The summed E-state index contributed by atoms with van der Waals surface area (Å²) in [5.41, 5.74) is 12.2. The molecule has 0 radical (unpaired) electrons. The van der Waals surface area contributed by atoms with E-state index in [-0.39, 0.29) is 6.61 Å². The molecular weight excluding hydrogens is 534 g/mol. The van der Waals surface area contributed by atoms with Crippen LogP contribution in [0.5, 0.6) is 0 Å². The average molecular weight is 568 g/mol. The molecule has 0 N–H and O–H groups in total. The molecule has 0 saturated carbocycles. The van der Waals surface area contributed by atoms with Crippen LogP contribution in [0.3, 0.4) is 0 Å². The molecule has 1 aliphatic rings. The smallest absolute Gasteiger partial charge is 0.119 e. The molecule has 4 aromatic carbocycles. The maximum Gasteiger partial charge on any atom is 0.119 e. The summed E-state index contributed by atoms with van der Waals surface area (Å²) in [6, 6.07) is 39.3. The number of azide groups is 1. The van der Waals surface area contributed by atoms with E-state index < -0.39 is 29.8 Å². The van der Waals surface area contributed by atoms with E-state index in [0.717, 1.165) is 21.6 Å². The van der Waals surface area contributed by atoms with E-state index in [1.54, 1.807) is 0 Å². The van der Waals surface area contributed by atoms with Crippen LogP contribution in [-0.4, -0.2) is 36.4 Å². The lowest BCUT2D eigenvalue weighted by Crippen LogP contribution is -2.58. The highest BCUT2D eigenvalue weighted by Gasteiger charge is 2.47. The van der Waals surface area contributed by atoms with Gasteiger partial charge in [-0.1, -0.05) is 126 Å². The third-order valence-electron chi connectivity index (χ3n) is 6.76. The molecule has 5 atom stereocenters. The van der Waals surface area contributed by atoms with Crippen LogP contribution in [0.2, 0.25) is 0 Å². The second-order valence-corrected chi connectivity index (χ2v) is 10.9. The highest BCUT2D eigenvalue weighted by molar-refractivity contribution is 7.99. The Labute approximate surface area is 245 Å². The van der Waals surface area contributed by atoms with Crippen LogP contribution in [0.15, 0.2) is 131 Å². The van der Waals surface area contributed by atoms with Gasteiger partial charge in [-0.2, -0.15) is 0 Å². The van der Waals surface area contributed by atoms with E-state index in [1.165, 1.54) is 11.8 Å². The van der Waals surface area contributed by atoms with Gasteiger partial charge in [-0.25, -0.2) is 0 Å². The maximum absolute atomic E-state index is 9.61. The molecule has 7 nitrogen and oxygen atoms in total. The van der Waals surface area contributed by atoms with Crippen molar-refractivity contribution in [3.05, 3.63) is 148 Å². The average Bonchev–Trinajstić information content (AvgIpc) is 3.03. The molecule has 0 aliphatic carbocycles. The Balaban J connectivity index is 1.43. The second kappa shape index (κ2) is 15.4. The van der Waals surface area contributed by atoms with Gasteiger partial charge in [-0.15, -0.1) is 0 Å². The molecule has 4 aromatic rings. The van der Waals surface area contributed by atoms with Gasteiger partial charge < -0.3 is 18.9 Å². The van der Waals surface area contributed by atoms with Crippen molar-refractivity contribution in [1.82, 2.24) is 0 Å². The number of nitrogens with zero attached hydrogens (tertiary/aromatic N) is 3. The van der Waals surface area contributed by atoms with Crippen molar-refractivity contribution in [3.63, 3.8) is 0 Å². The predicted octanol–water partition coefficient (Wildman–Crippen LogP) is 7.57. The van der Waals surface area contributed by atoms with Gasteiger partial charge in [-0.05, 0) is 34.4 Å². The number of ether oxygens (including phenoxy) is 4. The van der Waals surface area contributed by atoms with Crippen LogP contribution in [0, 0.1) is 0 Å². The Morgan fingerprint density at radius 2 is 1.15 bits per heavy atom. The third-order valence-corrected chi connectivity index (χ3v) is 7.93. The van der Waals surface area contributed by atoms with Crippen molar-refractivity contribution in [2.45, 2.75) is 54.5 Å². The predicted molar refractivity (Wildman–Crippen MR) is 160 cm³/mol. The molecule has 0 aromatic heterocycles.